The Balaban J connectivity index is 1.79. The minimum atomic E-state index is -0.511. The van der Waals surface area contributed by atoms with Crippen molar-refractivity contribution in [3.63, 3.8) is 0 Å². The molecule has 4 heteroatoms. The fraction of sp³-hybridized carbons (Fsp3) is 0.471. The molecule has 1 aromatic carbocycles. The third-order valence-corrected chi connectivity index (χ3v) is 3.62. The van der Waals surface area contributed by atoms with Gasteiger partial charge in [0.05, 0.1) is 7.11 Å². The average molecular weight is 289 g/mol. The molecule has 2 rings (SSSR count). The smallest absolute Gasteiger partial charge is 0.261 e. The third kappa shape index (κ3) is 4.81. The SMILES string of the molecule is COc1ccc(O[C@H](C)C(=O)NCC2=CCCCC2)cc1. The number of ether oxygens (including phenoxy) is 2. The van der Waals surface area contributed by atoms with Crippen molar-refractivity contribution in [1.29, 1.82) is 0 Å². The van der Waals surface area contributed by atoms with Gasteiger partial charge in [-0.05, 0) is 56.9 Å². The number of amides is 1. The van der Waals surface area contributed by atoms with Crippen molar-refractivity contribution in [2.45, 2.75) is 38.7 Å². The molecule has 114 valence electrons. The molecular formula is C17H23NO3. The van der Waals surface area contributed by atoms with Crippen LogP contribution in [0, 0.1) is 0 Å². The summed E-state index contributed by atoms with van der Waals surface area (Å²) in [7, 11) is 1.62. The van der Waals surface area contributed by atoms with E-state index < -0.39 is 6.10 Å². The van der Waals surface area contributed by atoms with E-state index in [0.29, 0.717) is 12.3 Å². The van der Waals surface area contributed by atoms with Crippen LogP contribution in [0.3, 0.4) is 0 Å². The summed E-state index contributed by atoms with van der Waals surface area (Å²) in [5, 5.41) is 2.94. The first-order chi connectivity index (χ1) is 10.2. The molecule has 4 nitrogen and oxygen atoms in total. The second-order valence-electron chi connectivity index (χ2n) is 5.26. The molecular weight excluding hydrogens is 266 g/mol. The van der Waals surface area contributed by atoms with Crippen LogP contribution in [0.5, 0.6) is 11.5 Å². The first kappa shape index (κ1) is 15.4. The van der Waals surface area contributed by atoms with Gasteiger partial charge in [-0.3, -0.25) is 4.79 Å². The molecule has 1 N–H and O–H groups in total. The Morgan fingerprint density at radius 3 is 2.57 bits per heavy atom. The van der Waals surface area contributed by atoms with E-state index in [4.69, 9.17) is 9.47 Å². The number of hydrogen-bond donors (Lipinski definition) is 1. The zero-order valence-corrected chi connectivity index (χ0v) is 12.7. The zero-order chi connectivity index (χ0) is 15.1. The van der Waals surface area contributed by atoms with Crippen molar-refractivity contribution >= 4 is 5.91 Å². The predicted molar refractivity (Wildman–Crippen MR) is 82.6 cm³/mol. The maximum Gasteiger partial charge on any atom is 0.261 e. The summed E-state index contributed by atoms with van der Waals surface area (Å²) in [4.78, 5) is 12.0. The molecule has 1 aliphatic carbocycles. The Kier molecular flexibility index (Phi) is 5.67. The highest BCUT2D eigenvalue weighted by molar-refractivity contribution is 5.80. The Morgan fingerprint density at radius 1 is 1.24 bits per heavy atom. The number of carbonyl (C=O) groups excluding carboxylic acids is 1. The second-order valence-corrected chi connectivity index (χ2v) is 5.26. The van der Waals surface area contributed by atoms with Gasteiger partial charge in [-0.1, -0.05) is 11.6 Å². The molecule has 0 unspecified atom stereocenters. The quantitative estimate of drug-likeness (QED) is 0.819. The van der Waals surface area contributed by atoms with Gasteiger partial charge >= 0.3 is 0 Å². The monoisotopic (exact) mass is 289 g/mol. The van der Waals surface area contributed by atoms with E-state index >= 15 is 0 Å². The van der Waals surface area contributed by atoms with Crippen LogP contribution in [0.1, 0.15) is 32.6 Å². The predicted octanol–water partition coefficient (Wildman–Crippen LogP) is 3.08. The van der Waals surface area contributed by atoms with Gasteiger partial charge in [0.2, 0.25) is 0 Å². The van der Waals surface area contributed by atoms with E-state index in [1.54, 1.807) is 26.2 Å². The van der Waals surface area contributed by atoms with Crippen molar-refractivity contribution in [3.05, 3.63) is 35.9 Å². The van der Waals surface area contributed by atoms with Crippen LogP contribution in [-0.4, -0.2) is 25.7 Å². The Morgan fingerprint density at radius 2 is 1.95 bits per heavy atom. The number of rotatable bonds is 6. The molecule has 0 bridgehead atoms. The maximum atomic E-state index is 12.0. The molecule has 0 saturated carbocycles. The minimum Gasteiger partial charge on any atom is -0.497 e. The molecule has 0 radical (unpaired) electrons. The second kappa shape index (κ2) is 7.72. The van der Waals surface area contributed by atoms with E-state index in [2.05, 4.69) is 11.4 Å². The summed E-state index contributed by atoms with van der Waals surface area (Å²) in [6, 6.07) is 7.22. The van der Waals surface area contributed by atoms with E-state index in [-0.39, 0.29) is 5.91 Å². The summed E-state index contributed by atoms with van der Waals surface area (Å²) >= 11 is 0. The molecule has 0 heterocycles. The van der Waals surface area contributed by atoms with Crippen LogP contribution in [0.25, 0.3) is 0 Å². The molecule has 0 aromatic heterocycles. The van der Waals surface area contributed by atoms with Crippen LogP contribution in [0.2, 0.25) is 0 Å². The van der Waals surface area contributed by atoms with Gasteiger partial charge in [-0.15, -0.1) is 0 Å². The number of hydrogen-bond acceptors (Lipinski definition) is 3. The van der Waals surface area contributed by atoms with Crippen molar-refractivity contribution in [3.8, 4) is 11.5 Å². The molecule has 21 heavy (non-hydrogen) atoms. The molecule has 0 saturated heterocycles. The lowest BCUT2D eigenvalue weighted by Crippen LogP contribution is -2.37. The Bertz CT molecular complexity index is 493. The lowest BCUT2D eigenvalue weighted by Gasteiger charge is -2.17. The molecule has 0 aliphatic heterocycles. The van der Waals surface area contributed by atoms with Gasteiger partial charge in [0.1, 0.15) is 11.5 Å². The van der Waals surface area contributed by atoms with E-state index in [1.807, 2.05) is 12.1 Å². The lowest BCUT2D eigenvalue weighted by molar-refractivity contribution is -0.127. The molecule has 1 aliphatic rings. The highest BCUT2D eigenvalue weighted by Crippen LogP contribution is 2.18. The van der Waals surface area contributed by atoms with Crippen LogP contribution < -0.4 is 14.8 Å². The van der Waals surface area contributed by atoms with Crippen LogP contribution >= 0.6 is 0 Å². The summed E-state index contributed by atoms with van der Waals surface area (Å²) in [5.74, 6) is 1.34. The largest absolute Gasteiger partial charge is 0.497 e. The van der Waals surface area contributed by atoms with Crippen LogP contribution in [0.15, 0.2) is 35.9 Å². The van der Waals surface area contributed by atoms with E-state index in [9.17, 15) is 4.79 Å². The number of allylic oxidation sites excluding steroid dienone is 1. The first-order valence-electron chi connectivity index (χ1n) is 7.45. The topological polar surface area (TPSA) is 47.6 Å². The number of methoxy groups -OCH3 is 1. The number of benzene rings is 1. The molecule has 1 amide bonds. The summed E-state index contributed by atoms with van der Waals surface area (Å²) in [6.45, 7) is 2.39. The standard InChI is InChI=1S/C17H23NO3/c1-13(21-16-10-8-15(20-2)9-11-16)17(19)18-12-14-6-4-3-5-7-14/h6,8-11,13H,3-5,7,12H2,1-2H3,(H,18,19)/t13-/m1/s1. The molecule has 0 fully saturated rings. The fourth-order valence-electron chi connectivity index (χ4n) is 2.32. The van der Waals surface area contributed by atoms with Crippen molar-refractivity contribution in [1.82, 2.24) is 5.32 Å². The zero-order valence-electron chi connectivity index (χ0n) is 12.7. The Labute approximate surface area is 126 Å². The van der Waals surface area contributed by atoms with Gasteiger partial charge in [0, 0.05) is 6.54 Å². The fourth-order valence-corrected chi connectivity index (χ4v) is 2.32. The summed E-state index contributed by atoms with van der Waals surface area (Å²) in [5.41, 5.74) is 1.33. The Hall–Kier alpha value is -1.97. The van der Waals surface area contributed by atoms with Crippen LogP contribution in [0.4, 0.5) is 0 Å². The van der Waals surface area contributed by atoms with Gasteiger partial charge in [0.15, 0.2) is 6.10 Å². The molecule has 0 spiro atoms. The highest BCUT2D eigenvalue weighted by Gasteiger charge is 2.15. The van der Waals surface area contributed by atoms with Gasteiger partial charge in [-0.2, -0.15) is 0 Å². The first-order valence-corrected chi connectivity index (χ1v) is 7.45. The number of carbonyl (C=O) groups is 1. The van der Waals surface area contributed by atoms with Crippen molar-refractivity contribution < 1.29 is 14.3 Å². The number of nitrogens with one attached hydrogen (secondary N) is 1. The average Bonchev–Trinajstić information content (AvgIpc) is 2.54. The van der Waals surface area contributed by atoms with Crippen molar-refractivity contribution in [2.24, 2.45) is 0 Å². The van der Waals surface area contributed by atoms with Crippen molar-refractivity contribution in [2.75, 3.05) is 13.7 Å². The highest BCUT2D eigenvalue weighted by atomic mass is 16.5. The molecule has 1 aromatic rings. The van der Waals surface area contributed by atoms with Gasteiger partial charge in [-0.25, -0.2) is 0 Å². The van der Waals surface area contributed by atoms with Crippen LogP contribution in [-0.2, 0) is 4.79 Å². The summed E-state index contributed by atoms with van der Waals surface area (Å²) < 4.78 is 10.7. The maximum absolute atomic E-state index is 12.0. The minimum absolute atomic E-state index is 0.0858. The molecule has 1 atom stereocenters. The van der Waals surface area contributed by atoms with E-state index in [0.717, 1.165) is 18.6 Å². The normalized spacial score (nSPS) is 15.8. The summed E-state index contributed by atoms with van der Waals surface area (Å²) in [6.07, 6.45) is 6.42. The van der Waals surface area contributed by atoms with Gasteiger partial charge < -0.3 is 14.8 Å². The van der Waals surface area contributed by atoms with E-state index in [1.165, 1.54) is 18.4 Å². The van der Waals surface area contributed by atoms with Gasteiger partial charge in [0.25, 0.3) is 5.91 Å². The lowest BCUT2D eigenvalue weighted by atomic mass is 10.00. The third-order valence-electron chi connectivity index (χ3n) is 3.62.